The van der Waals surface area contributed by atoms with Crippen LogP contribution in [-0.4, -0.2) is 29.9 Å². The SMILES string of the molecule is C=CCn1cc(C2c3cc4c(cc3CCN2C)OCO4)c2ccccc21. The Balaban J connectivity index is 1.72. The standard InChI is InChI=1S/C22H22N2O2/c1-3-9-24-13-18(16-6-4-5-7-19(16)24)22-17-12-21-20(25-14-26-21)11-15(17)8-10-23(22)2/h3-7,11-13,22H,1,8-10,14H2,2H3. The molecule has 0 bridgehead atoms. The largest absolute Gasteiger partial charge is 0.454 e. The number of benzene rings is 2. The fourth-order valence-electron chi connectivity index (χ4n) is 4.32. The Morgan fingerprint density at radius 1 is 1.15 bits per heavy atom. The van der Waals surface area contributed by atoms with Gasteiger partial charge in [-0.25, -0.2) is 0 Å². The van der Waals surface area contributed by atoms with Gasteiger partial charge in [0.1, 0.15) is 0 Å². The third kappa shape index (κ3) is 2.26. The van der Waals surface area contributed by atoms with E-state index in [1.165, 1.54) is 27.6 Å². The first-order valence-corrected chi connectivity index (χ1v) is 9.07. The number of fused-ring (bicyclic) bond motifs is 3. The molecule has 0 saturated carbocycles. The smallest absolute Gasteiger partial charge is 0.231 e. The van der Waals surface area contributed by atoms with Gasteiger partial charge in [0.25, 0.3) is 0 Å². The highest BCUT2D eigenvalue weighted by Crippen LogP contribution is 2.43. The molecule has 0 fully saturated rings. The molecule has 1 unspecified atom stereocenters. The second-order valence-corrected chi connectivity index (χ2v) is 7.08. The molecule has 2 aromatic carbocycles. The molecule has 0 saturated heterocycles. The van der Waals surface area contributed by atoms with Crippen LogP contribution >= 0.6 is 0 Å². The molecule has 3 aromatic rings. The molecule has 0 amide bonds. The summed E-state index contributed by atoms with van der Waals surface area (Å²) in [6.07, 6.45) is 5.27. The number of hydrogen-bond donors (Lipinski definition) is 0. The lowest BCUT2D eigenvalue weighted by Crippen LogP contribution is -2.32. The zero-order valence-corrected chi connectivity index (χ0v) is 14.9. The Labute approximate surface area is 153 Å². The number of aromatic nitrogens is 1. The molecular weight excluding hydrogens is 324 g/mol. The first kappa shape index (κ1) is 15.5. The number of nitrogens with zero attached hydrogens (tertiary/aromatic N) is 2. The molecule has 2 aliphatic rings. The van der Waals surface area contributed by atoms with E-state index in [0.29, 0.717) is 6.79 Å². The number of hydrogen-bond acceptors (Lipinski definition) is 3. The van der Waals surface area contributed by atoms with Crippen LogP contribution in [-0.2, 0) is 13.0 Å². The summed E-state index contributed by atoms with van der Waals surface area (Å²) in [5, 5.41) is 1.30. The summed E-state index contributed by atoms with van der Waals surface area (Å²) in [7, 11) is 2.21. The van der Waals surface area contributed by atoms with E-state index < -0.39 is 0 Å². The highest BCUT2D eigenvalue weighted by Gasteiger charge is 2.31. The number of para-hydroxylation sites is 1. The topological polar surface area (TPSA) is 26.6 Å². The first-order chi connectivity index (χ1) is 12.8. The van der Waals surface area contributed by atoms with E-state index in [1.807, 2.05) is 6.08 Å². The van der Waals surface area contributed by atoms with E-state index in [2.05, 4.69) is 65.7 Å². The maximum absolute atomic E-state index is 5.66. The van der Waals surface area contributed by atoms with Crippen molar-refractivity contribution in [2.75, 3.05) is 20.4 Å². The van der Waals surface area contributed by atoms with Crippen LogP contribution in [0, 0.1) is 0 Å². The van der Waals surface area contributed by atoms with Gasteiger partial charge in [-0.3, -0.25) is 4.90 Å². The minimum Gasteiger partial charge on any atom is -0.454 e. The summed E-state index contributed by atoms with van der Waals surface area (Å²) in [6.45, 7) is 6.07. The van der Waals surface area contributed by atoms with E-state index in [-0.39, 0.29) is 6.04 Å². The van der Waals surface area contributed by atoms with Gasteiger partial charge in [0.05, 0.1) is 6.04 Å². The van der Waals surface area contributed by atoms with Crippen LogP contribution in [0.15, 0.2) is 55.3 Å². The van der Waals surface area contributed by atoms with Crippen molar-refractivity contribution in [1.82, 2.24) is 9.47 Å². The second-order valence-electron chi connectivity index (χ2n) is 7.08. The Hall–Kier alpha value is -2.72. The second kappa shape index (κ2) is 5.92. The van der Waals surface area contributed by atoms with Crippen molar-refractivity contribution in [3.05, 3.63) is 71.9 Å². The summed E-state index contributed by atoms with van der Waals surface area (Å²) in [4.78, 5) is 2.44. The predicted molar refractivity (Wildman–Crippen MR) is 103 cm³/mol. The third-order valence-corrected chi connectivity index (χ3v) is 5.54. The van der Waals surface area contributed by atoms with Crippen molar-refractivity contribution in [2.24, 2.45) is 0 Å². The summed E-state index contributed by atoms with van der Waals surface area (Å²) in [6, 6.07) is 13.2. The Morgan fingerprint density at radius 2 is 1.96 bits per heavy atom. The minimum atomic E-state index is 0.212. The molecule has 1 aromatic heterocycles. The lowest BCUT2D eigenvalue weighted by Gasteiger charge is -2.34. The molecule has 1 atom stereocenters. The van der Waals surface area contributed by atoms with Crippen molar-refractivity contribution < 1.29 is 9.47 Å². The Morgan fingerprint density at radius 3 is 2.81 bits per heavy atom. The number of likely N-dealkylation sites (N-methyl/N-ethyl adjacent to an activating group) is 1. The van der Waals surface area contributed by atoms with Gasteiger partial charge >= 0.3 is 0 Å². The van der Waals surface area contributed by atoms with Gasteiger partial charge in [-0.05, 0) is 48.4 Å². The summed E-state index contributed by atoms with van der Waals surface area (Å²) >= 11 is 0. The minimum absolute atomic E-state index is 0.212. The lowest BCUT2D eigenvalue weighted by atomic mass is 9.88. The van der Waals surface area contributed by atoms with Crippen LogP contribution in [0.3, 0.4) is 0 Å². The number of ether oxygens (including phenoxy) is 2. The maximum atomic E-state index is 5.66. The van der Waals surface area contributed by atoms with Gasteiger partial charge in [0.15, 0.2) is 11.5 Å². The number of rotatable bonds is 3. The summed E-state index contributed by atoms with van der Waals surface area (Å²) < 4.78 is 13.5. The molecule has 4 heteroatoms. The van der Waals surface area contributed by atoms with Crippen LogP contribution in [0.2, 0.25) is 0 Å². The van der Waals surface area contributed by atoms with Gasteiger partial charge in [-0.2, -0.15) is 0 Å². The highest BCUT2D eigenvalue weighted by atomic mass is 16.7. The zero-order valence-electron chi connectivity index (χ0n) is 14.9. The lowest BCUT2D eigenvalue weighted by molar-refractivity contribution is 0.174. The maximum Gasteiger partial charge on any atom is 0.231 e. The molecular formula is C22H22N2O2. The van der Waals surface area contributed by atoms with Crippen LogP contribution in [0.25, 0.3) is 10.9 Å². The predicted octanol–water partition coefficient (Wildman–Crippen LogP) is 4.13. The first-order valence-electron chi connectivity index (χ1n) is 9.07. The van der Waals surface area contributed by atoms with Crippen molar-refractivity contribution in [1.29, 1.82) is 0 Å². The van der Waals surface area contributed by atoms with E-state index in [9.17, 15) is 0 Å². The average molecular weight is 346 g/mol. The Bertz CT molecular complexity index is 1000. The van der Waals surface area contributed by atoms with Crippen LogP contribution in [0.5, 0.6) is 11.5 Å². The van der Waals surface area contributed by atoms with Crippen LogP contribution in [0.1, 0.15) is 22.7 Å². The number of allylic oxidation sites excluding steroid dienone is 1. The van der Waals surface area contributed by atoms with Crippen LogP contribution < -0.4 is 9.47 Å². The molecule has 0 N–H and O–H groups in total. The quantitative estimate of drug-likeness (QED) is 0.667. The third-order valence-electron chi connectivity index (χ3n) is 5.54. The van der Waals surface area contributed by atoms with Crippen molar-refractivity contribution >= 4 is 10.9 Å². The Kier molecular flexibility index (Phi) is 3.54. The molecule has 3 heterocycles. The van der Waals surface area contributed by atoms with Crippen molar-refractivity contribution in [3.63, 3.8) is 0 Å². The molecule has 4 nitrogen and oxygen atoms in total. The molecule has 0 aliphatic carbocycles. The summed E-state index contributed by atoms with van der Waals surface area (Å²) in [5.74, 6) is 1.74. The van der Waals surface area contributed by atoms with Gasteiger partial charge in [-0.15, -0.1) is 6.58 Å². The molecule has 5 rings (SSSR count). The van der Waals surface area contributed by atoms with Crippen molar-refractivity contribution in [2.45, 2.75) is 19.0 Å². The molecule has 2 aliphatic heterocycles. The fourth-order valence-corrected chi connectivity index (χ4v) is 4.32. The molecule has 26 heavy (non-hydrogen) atoms. The van der Waals surface area contributed by atoms with Gasteiger partial charge in [0.2, 0.25) is 6.79 Å². The van der Waals surface area contributed by atoms with E-state index in [4.69, 9.17) is 9.47 Å². The average Bonchev–Trinajstić information content (AvgIpc) is 3.25. The zero-order chi connectivity index (χ0) is 17.7. The van der Waals surface area contributed by atoms with E-state index >= 15 is 0 Å². The van der Waals surface area contributed by atoms with E-state index in [1.54, 1.807) is 0 Å². The molecule has 0 radical (unpaired) electrons. The highest BCUT2D eigenvalue weighted by molar-refractivity contribution is 5.85. The molecule has 132 valence electrons. The van der Waals surface area contributed by atoms with E-state index in [0.717, 1.165) is 31.0 Å². The van der Waals surface area contributed by atoms with Gasteiger partial charge in [0, 0.05) is 30.2 Å². The normalized spacial score (nSPS) is 18.9. The van der Waals surface area contributed by atoms with Crippen LogP contribution in [0.4, 0.5) is 0 Å². The molecule has 0 spiro atoms. The summed E-state index contributed by atoms with van der Waals surface area (Å²) in [5.41, 5.74) is 5.27. The van der Waals surface area contributed by atoms with Gasteiger partial charge in [-0.1, -0.05) is 24.3 Å². The van der Waals surface area contributed by atoms with Gasteiger partial charge < -0.3 is 14.0 Å². The van der Waals surface area contributed by atoms with Crippen molar-refractivity contribution in [3.8, 4) is 11.5 Å². The fraction of sp³-hybridized carbons (Fsp3) is 0.273. The monoisotopic (exact) mass is 346 g/mol.